The van der Waals surface area contributed by atoms with E-state index in [1.807, 2.05) is 11.4 Å². The highest BCUT2D eigenvalue weighted by atomic mass is 32.1. The first-order chi connectivity index (χ1) is 13.8. The van der Waals surface area contributed by atoms with Crippen molar-refractivity contribution in [2.45, 2.75) is 38.1 Å². The van der Waals surface area contributed by atoms with Crippen LogP contribution in [0.2, 0.25) is 0 Å². The lowest BCUT2D eigenvalue weighted by molar-refractivity contribution is 0.462. The zero-order chi connectivity index (χ0) is 19.2. The van der Waals surface area contributed by atoms with Gasteiger partial charge in [-0.1, -0.05) is 19.3 Å². The summed E-state index contributed by atoms with van der Waals surface area (Å²) >= 11 is 1.65. The van der Waals surface area contributed by atoms with Gasteiger partial charge in [0.25, 0.3) is 0 Å². The molecule has 0 bridgehead atoms. The molecule has 1 aliphatic rings. The smallest absolute Gasteiger partial charge is 0.229 e. The quantitative estimate of drug-likeness (QED) is 0.544. The Kier molecular flexibility index (Phi) is 5.72. The van der Waals surface area contributed by atoms with Crippen molar-refractivity contribution >= 4 is 45.4 Å². The van der Waals surface area contributed by atoms with Gasteiger partial charge in [0, 0.05) is 24.5 Å². The number of rotatable bonds is 6. The van der Waals surface area contributed by atoms with Gasteiger partial charge < -0.3 is 16.4 Å². The molecule has 0 saturated heterocycles. The van der Waals surface area contributed by atoms with Crippen LogP contribution < -0.4 is 16.4 Å². The minimum absolute atomic E-state index is 0.464. The molecule has 3 aromatic rings. The van der Waals surface area contributed by atoms with Crippen molar-refractivity contribution in [1.29, 1.82) is 0 Å². The zero-order valence-electron chi connectivity index (χ0n) is 15.4. The van der Waals surface area contributed by atoms with Crippen molar-refractivity contribution in [2.75, 3.05) is 10.6 Å². The average molecular weight is 395 g/mol. The Morgan fingerprint density at radius 2 is 2.11 bits per heavy atom. The van der Waals surface area contributed by atoms with E-state index in [9.17, 15) is 0 Å². The monoisotopic (exact) mass is 394 g/mol. The summed E-state index contributed by atoms with van der Waals surface area (Å²) in [6.07, 6.45) is 12.3. The molecule has 0 amide bonds. The summed E-state index contributed by atoms with van der Waals surface area (Å²) in [5.74, 6) is 1.90. The van der Waals surface area contributed by atoms with Gasteiger partial charge in [0.05, 0.1) is 22.1 Å². The molecule has 144 valence electrons. The Morgan fingerprint density at radius 1 is 1.21 bits per heavy atom. The highest BCUT2D eigenvalue weighted by Crippen LogP contribution is 2.30. The average Bonchev–Trinajstić information content (AvgIpc) is 3.21. The highest BCUT2D eigenvalue weighted by Gasteiger charge is 2.17. The Balaban J connectivity index is 1.55. The van der Waals surface area contributed by atoms with E-state index in [4.69, 9.17) is 10.7 Å². The minimum atomic E-state index is 0.464. The number of nitrogens with zero attached hydrogens (tertiary/aromatic N) is 5. The molecule has 1 aliphatic carbocycles. The largest absolute Gasteiger partial charge is 0.403 e. The van der Waals surface area contributed by atoms with Crippen LogP contribution in [0.4, 0.5) is 17.6 Å². The van der Waals surface area contributed by atoms with Crippen LogP contribution in [-0.2, 0) is 0 Å². The van der Waals surface area contributed by atoms with Crippen LogP contribution in [0.1, 0.15) is 32.1 Å². The van der Waals surface area contributed by atoms with E-state index in [1.165, 1.54) is 44.6 Å². The lowest BCUT2D eigenvalue weighted by Crippen LogP contribution is -2.23. The lowest BCUT2D eigenvalue weighted by Gasteiger charge is -2.23. The van der Waals surface area contributed by atoms with Crippen LogP contribution in [0.3, 0.4) is 0 Å². The maximum absolute atomic E-state index is 5.75. The first-order valence-electron chi connectivity index (χ1n) is 9.32. The van der Waals surface area contributed by atoms with Crippen LogP contribution in [0.5, 0.6) is 0 Å². The van der Waals surface area contributed by atoms with E-state index in [0.29, 0.717) is 23.5 Å². The normalized spacial score (nSPS) is 15.9. The van der Waals surface area contributed by atoms with Crippen molar-refractivity contribution in [3.05, 3.63) is 41.9 Å². The third-order valence-corrected chi connectivity index (χ3v) is 5.50. The van der Waals surface area contributed by atoms with Gasteiger partial charge in [0.15, 0.2) is 5.82 Å². The first kappa shape index (κ1) is 18.3. The van der Waals surface area contributed by atoms with Gasteiger partial charge in [-0.2, -0.15) is 4.98 Å². The van der Waals surface area contributed by atoms with E-state index >= 15 is 0 Å². The van der Waals surface area contributed by atoms with Crippen molar-refractivity contribution in [2.24, 2.45) is 10.7 Å². The molecule has 1 fully saturated rings. The second-order valence-electron chi connectivity index (χ2n) is 6.58. The van der Waals surface area contributed by atoms with Gasteiger partial charge in [0.2, 0.25) is 5.95 Å². The van der Waals surface area contributed by atoms with Crippen LogP contribution in [0.15, 0.2) is 46.9 Å². The third kappa shape index (κ3) is 4.42. The van der Waals surface area contributed by atoms with Gasteiger partial charge in [0.1, 0.15) is 12.1 Å². The number of allylic oxidation sites excluding steroid dienone is 1. The van der Waals surface area contributed by atoms with Crippen LogP contribution in [0.25, 0.3) is 10.2 Å². The number of hydrogen-bond acceptors (Lipinski definition) is 9. The number of nitrogens with two attached hydrogens (primary N) is 1. The summed E-state index contributed by atoms with van der Waals surface area (Å²) in [6.45, 7) is 0. The molecule has 4 rings (SSSR count). The molecule has 1 saturated carbocycles. The summed E-state index contributed by atoms with van der Waals surface area (Å²) in [7, 11) is 0. The predicted octanol–water partition coefficient (Wildman–Crippen LogP) is 3.84. The standard InChI is InChI=1S/C19H22N8S/c20-10-14(11-22-16-6-8-21-12-23-16)25-19-26-15-7-9-28-17(15)18(27-19)24-13-4-2-1-3-5-13/h6-13H,1-5,20H2,(H2,24,25,26,27). The van der Waals surface area contributed by atoms with Crippen molar-refractivity contribution in [1.82, 2.24) is 19.9 Å². The molecular weight excluding hydrogens is 372 g/mol. The van der Waals surface area contributed by atoms with Crippen molar-refractivity contribution in [3.63, 3.8) is 0 Å². The summed E-state index contributed by atoms with van der Waals surface area (Å²) in [6, 6.07) is 4.18. The molecular formula is C19H22N8S. The topological polar surface area (TPSA) is 114 Å². The number of anilines is 2. The maximum Gasteiger partial charge on any atom is 0.229 e. The Labute approximate surface area is 167 Å². The summed E-state index contributed by atoms with van der Waals surface area (Å²) in [5.41, 5.74) is 7.23. The molecule has 8 nitrogen and oxygen atoms in total. The van der Waals surface area contributed by atoms with Crippen LogP contribution >= 0.6 is 11.3 Å². The molecule has 0 radical (unpaired) electrons. The summed E-state index contributed by atoms with van der Waals surface area (Å²) < 4.78 is 1.07. The van der Waals surface area contributed by atoms with E-state index in [1.54, 1.807) is 29.8 Å². The Bertz CT molecular complexity index is 976. The van der Waals surface area contributed by atoms with Gasteiger partial charge in [-0.05, 0) is 24.3 Å². The fraction of sp³-hybridized carbons (Fsp3) is 0.316. The summed E-state index contributed by atoms with van der Waals surface area (Å²) in [4.78, 5) is 21.5. The number of hydrogen-bond donors (Lipinski definition) is 3. The van der Waals surface area contributed by atoms with Crippen LogP contribution in [-0.4, -0.2) is 32.2 Å². The second kappa shape index (κ2) is 8.75. The van der Waals surface area contributed by atoms with Gasteiger partial charge in [-0.25, -0.2) is 19.9 Å². The van der Waals surface area contributed by atoms with Crippen LogP contribution in [0, 0.1) is 0 Å². The first-order valence-corrected chi connectivity index (χ1v) is 10.2. The lowest BCUT2D eigenvalue weighted by atomic mass is 9.95. The number of fused-ring (bicyclic) bond motifs is 1. The number of aromatic nitrogens is 4. The molecule has 0 atom stereocenters. The third-order valence-electron chi connectivity index (χ3n) is 4.59. The summed E-state index contributed by atoms with van der Waals surface area (Å²) in [5, 5.41) is 8.79. The van der Waals surface area contributed by atoms with Gasteiger partial charge >= 0.3 is 0 Å². The number of thiophene rings is 1. The molecule has 0 aliphatic heterocycles. The van der Waals surface area contributed by atoms with Gasteiger partial charge in [-0.3, -0.25) is 0 Å². The maximum atomic E-state index is 5.75. The molecule has 9 heteroatoms. The minimum Gasteiger partial charge on any atom is -0.403 e. The van der Waals surface area contributed by atoms with E-state index in [2.05, 4.69) is 30.6 Å². The zero-order valence-corrected chi connectivity index (χ0v) is 16.2. The SMILES string of the molecule is NC=C(C=Nc1ccncn1)Nc1nc(NC2CCCCC2)c2sccc2n1. The fourth-order valence-electron chi connectivity index (χ4n) is 3.20. The van der Waals surface area contributed by atoms with E-state index < -0.39 is 0 Å². The second-order valence-corrected chi connectivity index (χ2v) is 7.50. The van der Waals surface area contributed by atoms with Crippen molar-refractivity contribution < 1.29 is 0 Å². The molecule has 0 aromatic carbocycles. The molecule has 3 heterocycles. The Morgan fingerprint density at radius 3 is 2.89 bits per heavy atom. The molecule has 28 heavy (non-hydrogen) atoms. The Hall–Kier alpha value is -3.07. The molecule has 3 aromatic heterocycles. The number of nitrogens with one attached hydrogen (secondary N) is 2. The predicted molar refractivity (Wildman–Crippen MR) is 114 cm³/mol. The van der Waals surface area contributed by atoms with E-state index in [0.717, 1.165) is 16.0 Å². The van der Waals surface area contributed by atoms with Crippen molar-refractivity contribution in [3.8, 4) is 0 Å². The number of aliphatic imine (C=N–C) groups is 1. The highest BCUT2D eigenvalue weighted by molar-refractivity contribution is 7.17. The fourth-order valence-corrected chi connectivity index (χ4v) is 3.98. The van der Waals surface area contributed by atoms with E-state index in [-0.39, 0.29) is 0 Å². The molecule has 0 unspecified atom stereocenters. The molecule has 0 spiro atoms. The molecule has 4 N–H and O–H groups in total. The van der Waals surface area contributed by atoms with Gasteiger partial charge in [-0.15, -0.1) is 11.3 Å².